The van der Waals surface area contributed by atoms with E-state index in [-0.39, 0.29) is 41.5 Å². The monoisotopic (exact) mass is 538 g/mol. The minimum Gasteiger partial charge on any atom is -0.496 e. The number of nitro groups is 1. The smallest absolute Gasteiger partial charge is 0.373 e. The average Bonchev–Trinajstić information content (AvgIpc) is 3.35. The summed E-state index contributed by atoms with van der Waals surface area (Å²) < 4.78 is 60.2. The zero-order chi connectivity index (χ0) is 27.3. The van der Waals surface area contributed by atoms with Crippen molar-refractivity contribution in [3.8, 4) is 11.5 Å². The second kappa shape index (κ2) is 11.6. The molecule has 0 unspecified atom stereocenters. The van der Waals surface area contributed by atoms with Crippen molar-refractivity contribution in [2.75, 3.05) is 42.1 Å². The third-order valence-corrected chi connectivity index (χ3v) is 7.38. The lowest BCUT2D eigenvalue weighted by Gasteiger charge is -2.26. The number of esters is 1. The van der Waals surface area contributed by atoms with Crippen LogP contribution in [0, 0.1) is 10.1 Å². The Morgan fingerprint density at radius 3 is 2.32 bits per heavy atom. The standard InChI is InChI=1S/C23H26N2O11S/c1-31-17-10-14(21(34-4)22-15(17)11-18(36-22)23(26)35-5)12-24(13-20(32-2)33-3)37(29,30)19-9-7-6-8-16(19)25(27)28/h6-11,20H,12-13H2,1-5H3. The molecule has 2 aromatic carbocycles. The molecule has 1 aromatic heterocycles. The maximum Gasteiger partial charge on any atom is 0.373 e. The van der Waals surface area contributed by atoms with Crippen LogP contribution < -0.4 is 9.47 Å². The Hall–Kier alpha value is -3.72. The Morgan fingerprint density at radius 1 is 1.08 bits per heavy atom. The van der Waals surface area contributed by atoms with Gasteiger partial charge in [0, 0.05) is 38.5 Å². The molecule has 0 saturated carbocycles. The molecular formula is C23H26N2O11S. The van der Waals surface area contributed by atoms with Crippen LogP contribution in [0.3, 0.4) is 0 Å². The summed E-state index contributed by atoms with van der Waals surface area (Å²) in [6, 6.07) is 7.93. The van der Waals surface area contributed by atoms with Gasteiger partial charge in [-0.2, -0.15) is 4.31 Å². The molecule has 0 aliphatic rings. The number of nitrogens with zero attached hydrogens (tertiary/aromatic N) is 2. The third-order valence-electron chi connectivity index (χ3n) is 5.52. The summed E-state index contributed by atoms with van der Waals surface area (Å²) in [5, 5.41) is 12.0. The van der Waals surface area contributed by atoms with E-state index < -0.39 is 37.8 Å². The predicted octanol–water partition coefficient (Wildman–Crippen LogP) is 2.95. The highest BCUT2D eigenvalue weighted by Crippen LogP contribution is 2.40. The van der Waals surface area contributed by atoms with Crippen LogP contribution in [0.4, 0.5) is 5.69 Å². The number of furan rings is 1. The number of methoxy groups -OCH3 is 5. The van der Waals surface area contributed by atoms with Gasteiger partial charge in [-0.15, -0.1) is 0 Å². The lowest BCUT2D eigenvalue weighted by Crippen LogP contribution is -2.38. The van der Waals surface area contributed by atoms with Gasteiger partial charge in [0.25, 0.3) is 5.69 Å². The van der Waals surface area contributed by atoms with E-state index in [0.29, 0.717) is 5.39 Å². The fourth-order valence-corrected chi connectivity index (χ4v) is 5.28. The normalized spacial score (nSPS) is 11.8. The summed E-state index contributed by atoms with van der Waals surface area (Å²) in [6.07, 6.45) is -0.997. The lowest BCUT2D eigenvalue weighted by atomic mass is 10.1. The van der Waals surface area contributed by atoms with Gasteiger partial charge in [0.1, 0.15) is 5.75 Å². The molecule has 13 nitrogen and oxygen atoms in total. The largest absolute Gasteiger partial charge is 0.496 e. The van der Waals surface area contributed by atoms with Gasteiger partial charge >= 0.3 is 5.97 Å². The molecule has 0 atom stereocenters. The summed E-state index contributed by atoms with van der Waals surface area (Å²) in [4.78, 5) is 22.3. The van der Waals surface area contributed by atoms with Crippen LogP contribution in [-0.2, 0) is 30.8 Å². The van der Waals surface area contributed by atoms with Crippen molar-refractivity contribution < 1.29 is 46.2 Å². The van der Waals surface area contributed by atoms with E-state index in [2.05, 4.69) is 0 Å². The van der Waals surface area contributed by atoms with Crippen molar-refractivity contribution in [1.29, 1.82) is 0 Å². The van der Waals surface area contributed by atoms with Gasteiger partial charge in [-0.3, -0.25) is 10.1 Å². The summed E-state index contributed by atoms with van der Waals surface area (Å²) >= 11 is 0. The number of carbonyl (C=O) groups excluding carboxylic acids is 1. The van der Waals surface area contributed by atoms with Gasteiger partial charge < -0.3 is 28.1 Å². The number of hydrogen-bond acceptors (Lipinski definition) is 11. The molecule has 0 N–H and O–H groups in total. The molecule has 3 aromatic rings. The highest BCUT2D eigenvalue weighted by atomic mass is 32.2. The molecule has 200 valence electrons. The van der Waals surface area contributed by atoms with Crippen LogP contribution in [-0.4, -0.2) is 72.0 Å². The molecule has 1 heterocycles. The van der Waals surface area contributed by atoms with Crippen LogP contribution in [0.15, 0.2) is 45.7 Å². The number of nitro benzene ring substituents is 1. The van der Waals surface area contributed by atoms with E-state index in [1.807, 2.05) is 0 Å². The fraction of sp³-hybridized carbons (Fsp3) is 0.348. The third kappa shape index (κ3) is 5.51. The minimum absolute atomic E-state index is 0.116. The van der Waals surface area contributed by atoms with Crippen molar-refractivity contribution in [1.82, 2.24) is 4.31 Å². The number of sulfonamides is 1. The Balaban J connectivity index is 2.21. The number of benzene rings is 2. The van der Waals surface area contributed by atoms with Crippen molar-refractivity contribution >= 4 is 32.6 Å². The molecule has 0 aliphatic carbocycles. The number of carbonyl (C=O) groups is 1. The second-order valence-electron chi connectivity index (χ2n) is 7.54. The first-order valence-electron chi connectivity index (χ1n) is 10.7. The molecule has 3 rings (SSSR count). The topological polar surface area (TPSA) is 157 Å². The van der Waals surface area contributed by atoms with E-state index in [0.717, 1.165) is 16.4 Å². The Morgan fingerprint density at radius 2 is 1.76 bits per heavy atom. The van der Waals surface area contributed by atoms with Crippen molar-refractivity contribution in [2.24, 2.45) is 0 Å². The van der Waals surface area contributed by atoms with Gasteiger partial charge in [-0.1, -0.05) is 12.1 Å². The molecule has 0 saturated heterocycles. The molecule has 0 aliphatic heterocycles. The average molecular weight is 539 g/mol. The first-order valence-corrected chi connectivity index (χ1v) is 12.1. The SMILES string of the molecule is COC(=O)c1cc2c(OC)cc(CN(CC(OC)OC)S(=O)(=O)c3ccccc3[N+](=O)[O-])c(OC)c2o1. The van der Waals surface area contributed by atoms with Gasteiger partial charge in [0.15, 0.2) is 22.5 Å². The van der Waals surface area contributed by atoms with Gasteiger partial charge in [-0.05, 0) is 12.1 Å². The maximum absolute atomic E-state index is 13.7. The van der Waals surface area contributed by atoms with E-state index in [4.69, 9.17) is 28.1 Å². The number of fused-ring (bicyclic) bond motifs is 1. The van der Waals surface area contributed by atoms with Gasteiger partial charge in [-0.25, -0.2) is 13.2 Å². The first-order chi connectivity index (χ1) is 17.6. The zero-order valence-corrected chi connectivity index (χ0v) is 21.6. The zero-order valence-electron chi connectivity index (χ0n) is 20.7. The second-order valence-corrected chi connectivity index (χ2v) is 9.45. The number of ether oxygens (including phenoxy) is 5. The summed E-state index contributed by atoms with van der Waals surface area (Å²) in [7, 11) is 2.13. The van der Waals surface area contributed by atoms with Crippen LogP contribution in [0.5, 0.6) is 11.5 Å². The summed E-state index contributed by atoms with van der Waals surface area (Å²) in [6.45, 7) is -0.669. The number of hydrogen-bond donors (Lipinski definition) is 0. The van der Waals surface area contributed by atoms with Crippen molar-refractivity contribution in [2.45, 2.75) is 17.7 Å². The van der Waals surface area contributed by atoms with E-state index >= 15 is 0 Å². The molecule has 0 fully saturated rings. The molecule has 14 heteroatoms. The summed E-state index contributed by atoms with van der Waals surface area (Å²) in [5.74, 6) is -0.456. The van der Waals surface area contributed by atoms with Crippen LogP contribution >= 0.6 is 0 Å². The Bertz CT molecular complexity index is 1400. The predicted molar refractivity (Wildman–Crippen MR) is 129 cm³/mol. The van der Waals surface area contributed by atoms with Crippen molar-refractivity contribution in [3.63, 3.8) is 0 Å². The fourth-order valence-electron chi connectivity index (χ4n) is 3.72. The quantitative estimate of drug-likeness (QED) is 0.144. The van der Waals surface area contributed by atoms with E-state index in [9.17, 15) is 23.3 Å². The lowest BCUT2D eigenvalue weighted by molar-refractivity contribution is -0.387. The van der Waals surface area contributed by atoms with Crippen LogP contribution in [0.2, 0.25) is 0 Å². The number of rotatable bonds is 12. The highest BCUT2D eigenvalue weighted by molar-refractivity contribution is 7.89. The minimum atomic E-state index is -4.47. The molecule has 0 spiro atoms. The molecule has 37 heavy (non-hydrogen) atoms. The van der Waals surface area contributed by atoms with E-state index in [1.54, 1.807) is 0 Å². The molecule has 0 radical (unpaired) electrons. The first kappa shape index (κ1) is 27.9. The maximum atomic E-state index is 13.7. The van der Waals surface area contributed by atoms with Crippen molar-refractivity contribution in [3.05, 3.63) is 57.8 Å². The Kier molecular flexibility index (Phi) is 8.70. The molecule has 0 amide bonds. The Labute approximate surface area is 212 Å². The van der Waals surface area contributed by atoms with E-state index in [1.165, 1.54) is 59.8 Å². The summed E-state index contributed by atoms with van der Waals surface area (Å²) in [5.41, 5.74) is -0.186. The highest BCUT2D eigenvalue weighted by Gasteiger charge is 2.34. The molecular weight excluding hydrogens is 512 g/mol. The van der Waals surface area contributed by atoms with Crippen LogP contribution in [0.1, 0.15) is 16.1 Å². The van der Waals surface area contributed by atoms with Gasteiger partial charge in [0.2, 0.25) is 15.8 Å². The molecule has 0 bridgehead atoms. The van der Waals surface area contributed by atoms with Gasteiger partial charge in [0.05, 0.1) is 38.2 Å². The number of para-hydroxylation sites is 1. The van der Waals surface area contributed by atoms with Crippen LogP contribution in [0.25, 0.3) is 11.0 Å².